The van der Waals surface area contributed by atoms with Crippen LogP contribution >= 0.6 is 0 Å². The zero-order valence-electron chi connectivity index (χ0n) is 17.0. The Bertz CT molecular complexity index is 1380. The number of amides is 2. The lowest BCUT2D eigenvalue weighted by Gasteiger charge is -2.21. The van der Waals surface area contributed by atoms with Crippen LogP contribution in [0.4, 0.5) is 5.69 Å². The SMILES string of the molecule is Cc1c(-c2ccc(C(N)=O)c3[nH]ccc23)cccc1N1CC2=C(C=C(C#N)CC2)C1=O. The lowest BCUT2D eigenvalue weighted by atomic mass is 9.94. The Hall–Kier alpha value is -4.11. The molecular formula is C25H20N4O2. The van der Waals surface area contributed by atoms with E-state index in [1.165, 1.54) is 0 Å². The quantitative estimate of drug-likeness (QED) is 0.681. The fourth-order valence-electron chi connectivity index (χ4n) is 4.64. The highest BCUT2D eigenvalue weighted by Crippen LogP contribution is 2.39. The summed E-state index contributed by atoms with van der Waals surface area (Å²) in [7, 11) is 0. The van der Waals surface area contributed by atoms with E-state index < -0.39 is 5.91 Å². The molecule has 2 heterocycles. The molecule has 2 aromatic carbocycles. The Labute approximate surface area is 179 Å². The molecule has 31 heavy (non-hydrogen) atoms. The van der Waals surface area contributed by atoms with Crippen molar-refractivity contribution in [3.05, 3.63) is 76.5 Å². The molecular weight excluding hydrogens is 388 g/mol. The number of anilines is 1. The smallest absolute Gasteiger partial charge is 0.258 e. The summed E-state index contributed by atoms with van der Waals surface area (Å²) in [4.78, 5) is 29.9. The van der Waals surface area contributed by atoms with Gasteiger partial charge in [0.05, 0.1) is 17.1 Å². The second-order valence-corrected chi connectivity index (χ2v) is 7.93. The number of hydrogen-bond acceptors (Lipinski definition) is 3. The number of nitrogens with one attached hydrogen (secondary N) is 1. The lowest BCUT2D eigenvalue weighted by Crippen LogP contribution is -2.27. The number of aromatic amines is 1. The number of benzene rings is 2. The van der Waals surface area contributed by atoms with Gasteiger partial charge in [0.25, 0.3) is 11.8 Å². The van der Waals surface area contributed by atoms with Gasteiger partial charge in [-0.1, -0.05) is 18.2 Å². The van der Waals surface area contributed by atoms with E-state index in [-0.39, 0.29) is 5.91 Å². The maximum Gasteiger partial charge on any atom is 0.258 e. The van der Waals surface area contributed by atoms with Gasteiger partial charge in [0.15, 0.2) is 0 Å². The van der Waals surface area contributed by atoms with Gasteiger partial charge in [-0.15, -0.1) is 0 Å². The number of nitrogens with two attached hydrogens (primary N) is 1. The molecule has 3 N–H and O–H groups in total. The van der Waals surface area contributed by atoms with Gasteiger partial charge in [-0.25, -0.2) is 0 Å². The predicted molar refractivity (Wildman–Crippen MR) is 119 cm³/mol. The van der Waals surface area contributed by atoms with Crippen LogP contribution in [0.1, 0.15) is 28.8 Å². The van der Waals surface area contributed by atoms with Crippen molar-refractivity contribution < 1.29 is 9.59 Å². The number of carbonyl (C=O) groups excluding carboxylic acids is 2. The molecule has 0 radical (unpaired) electrons. The van der Waals surface area contributed by atoms with E-state index in [4.69, 9.17) is 5.73 Å². The van der Waals surface area contributed by atoms with Crippen LogP contribution in [0.5, 0.6) is 0 Å². The topological polar surface area (TPSA) is 103 Å². The number of nitriles is 1. The second-order valence-electron chi connectivity index (χ2n) is 7.93. The zero-order valence-corrected chi connectivity index (χ0v) is 17.0. The third-order valence-electron chi connectivity index (χ3n) is 6.24. The predicted octanol–water partition coefficient (Wildman–Crippen LogP) is 4.13. The van der Waals surface area contributed by atoms with Crippen LogP contribution in [-0.4, -0.2) is 23.3 Å². The van der Waals surface area contributed by atoms with Crippen molar-refractivity contribution in [3.63, 3.8) is 0 Å². The molecule has 0 bridgehead atoms. The maximum atomic E-state index is 13.2. The Balaban J connectivity index is 1.59. The average Bonchev–Trinajstić information content (AvgIpc) is 3.38. The van der Waals surface area contributed by atoms with Crippen LogP contribution < -0.4 is 10.6 Å². The van der Waals surface area contributed by atoms with Crippen molar-refractivity contribution in [1.82, 2.24) is 4.98 Å². The Morgan fingerprint density at radius 1 is 1.16 bits per heavy atom. The summed E-state index contributed by atoms with van der Waals surface area (Å²) in [6.45, 7) is 2.56. The van der Waals surface area contributed by atoms with Gasteiger partial charge in [-0.05, 0) is 66.3 Å². The standard InChI is InChI=1S/C25H20N4O2/c1-14-17(18-7-8-20(24(27)30)23-19(18)9-10-28-23)3-2-4-22(14)29-13-16-6-5-15(12-26)11-21(16)25(29)31/h2-4,7-11,28H,5-6,13H2,1H3,(H2,27,30). The molecule has 0 unspecified atom stereocenters. The van der Waals surface area contributed by atoms with Crippen molar-refractivity contribution in [1.29, 1.82) is 5.26 Å². The van der Waals surface area contributed by atoms with Crippen molar-refractivity contribution in [2.45, 2.75) is 19.8 Å². The normalized spacial score (nSPS) is 15.8. The number of primary amides is 1. The van der Waals surface area contributed by atoms with Crippen LogP contribution in [-0.2, 0) is 4.79 Å². The fraction of sp³-hybridized carbons (Fsp3) is 0.160. The number of carbonyl (C=O) groups is 2. The fourth-order valence-corrected chi connectivity index (χ4v) is 4.64. The first-order valence-electron chi connectivity index (χ1n) is 10.1. The average molecular weight is 408 g/mol. The van der Waals surface area contributed by atoms with E-state index in [0.29, 0.717) is 35.2 Å². The summed E-state index contributed by atoms with van der Waals surface area (Å²) in [5.74, 6) is -0.535. The molecule has 3 aromatic rings. The van der Waals surface area contributed by atoms with E-state index >= 15 is 0 Å². The maximum absolute atomic E-state index is 13.2. The zero-order chi connectivity index (χ0) is 21.7. The van der Waals surface area contributed by atoms with Crippen molar-refractivity contribution in [2.24, 2.45) is 5.73 Å². The Morgan fingerprint density at radius 2 is 2.00 bits per heavy atom. The van der Waals surface area contributed by atoms with E-state index in [0.717, 1.165) is 39.8 Å². The summed E-state index contributed by atoms with van der Waals surface area (Å²) in [5, 5.41) is 10.1. The molecule has 2 aliphatic rings. The van der Waals surface area contributed by atoms with Gasteiger partial charge >= 0.3 is 0 Å². The van der Waals surface area contributed by atoms with Gasteiger partial charge in [0, 0.05) is 35.0 Å². The highest BCUT2D eigenvalue weighted by atomic mass is 16.2. The first-order valence-corrected chi connectivity index (χ1v) is 10.1. The molecule has 0 saturated heterocycles. The number of rotatable bonds is 3. The van der Waals surface area contributed by atoms with E-state index in [2.05, 4.69) is 11.1 Å². The number of fused-ring (bicyclic) bond motifs is 1. The molecule has 6 nitrogen and oxygen atoms in total. The highest BCUT2D eigenvalue weighted by Gasteiger charge is 2.33. The molecule has 0 spiro atoms. The summed E-state index contributed by atoms with van der Waals surface area (Å²) >= 11 is 0. The molecule has 6 heteroatoms. The van der Waals surface area contributed by atoms with Crippen molar-refractivity contribution >= 4 is 28.4 Å². The van der Waals surface area contributed by atoms with Crippen molar-refractivity contribution in [2.75, 3.05) is 11.4 Å². The number of aromatic nitrogens is 1. The van der Waals surface area contributed by atoms with E-state index in [9.17, 15) is 14.9 Å². The molecule has 5 rings (SSSR count). The molecule has 0 saturated carbocycles. The minimum atomic E-state index is -0.478. The van der Waals surface area contributed by atoms with Gasteiger partial charge in [0.2, 0.25) is 0 Å². The molecule has 152 valence electrons. The molecule has 1 aliphatic carbocycles. The van der Waals surface area contributed by atoms with E-state index in [1.807, 2.05) is 37.3 Å². The minimum Gasteiger partial charge on any atom is -0.366 e. The number of nitrogens with zero attached hydrogens (tertiary/aromatic N) is 2. The molecule has 1 aliphatic heterocycles. The Morgan fingerprint density at radius 3 is 2.77 bits per heavy atom. The first kappa shape index (κ1) is 18.9. The summed E-state index contributed by atoms with van der Waals surface area (Å²) in [6, 6.07) is 13.7. The van der Waals surface area contributed by atoms with Crippen LogP contribution in [0.25, 0.3) is 22.0 Å². The molecule has 2 amide bonds. The third kappa shape index (κ3) is 2.86. The summed E-state index contributed by atoms with van der Waals surface area (Å²) in [6.07, 6.45) is 4.97. The van der Waals surface area contributed by atoms with Gasteiger partial charge in [0.1, 0.15) is 0 Å². The van der Waals surface area contributed by atoms with Crippen LogP contribution in [0.3, 0.4) is 0 Å². The largest absolute Gasteiger partial charge is 0.366 e. The molecule has 0 fully saturated rings. The van der Waals surface area contributed by atoms with Crippen LogP contribution in [0.2, 0.25) is 0 Å². The van der Waals surface area contributed by atoms with Gasteiger partial charge < -0.3 is 15.6 Å². The van der Waals surface area contributed by atoms with Crippen molar-refractivity contribution in [3.8, 4) is 17.2 Å². The monoisotopic (exact) mass is 408 g/mol. The Kier molecular flexibility index (Phi) is 4.26. The molecule has 1 aromatic heterocycles. The van der Waals surface area contributed by atoms with E-state index in [1.54, 1.807) is 23.2 Å². The summed E-state index contributed by atoms with van der Waals surface area (Å²) < 4.78 is 0. The first-order chi connectivity index (χ1) is 15.0. The number of allylic oxidation sites excluding steroid dienone is 1. The lowest BCUT2D eigenvalue weighted by molar-refractivity contribution is -0.114. The van der Waals surface area contributed by atoms with Gasteiger partial charge in [-0.2, -0.15) is 5.26 Å². The molecule has 0 atom stereocenters. The number of hydrogen-bond donors (Lipinski definition) is 2. The van der Waals surface area contributed by atoms with Crippen LogP contribution in [0.15, 0.2) is 65.4 Å². The summed E-state index contributed by atoms with van der Waals surface area (Å²) in [5.41, 5.74) is 12.9. The highest BCUT2D eigenvalue weighted by molar-refractivity contribution is 6.13. The second kappa shape index (κ2) is 6.99. The minimum absolute atomic E-state index is 0.0569. The third-order valence-corrected chi connectivity index (χ3v) is 6.24. The number of H-pyrrole nitrogens is 1. The van der Waals surface area contributed by atoms with Crippen LogP contribution in [0, 0.1) is 18.3 Å². The van der Waals surface area contributed by atoms with Gasteiger partial charge in [-0.3, -0.25) is 9.59 Å².